The molecule has 2 aliphatic heterocycles. The molecule has 4 nitrogen and oxygen atoms in total. The highest BCUT2D eigenvalue weighted by Crippen LogP contribution is 2.34. The molecular weight excluding hydrogens is 252 g/mol. The first-order valence-corrected chi connectivity index (χ1v) is 7.40. The van der Waals surface area contributed by atoms with Crippen molar-refractivity contribution >= 4 is 11.7 Å². The largest absolute Gasteiger partial charge is 0.478 e. The minimum absolute atomic E-state index is 0.478. The molecule has 2 aliphatic rings. The number of hydrogen-bond donors (Lipinski definition) is 1. The predicted octanol–water partition coefficient (Wildman–Crippen LogP) is 2.23. The number of rotatable bonds is 2. The SMILES string of the molecule is CC1CC(N2CCCc3c(C(=O)O)cccc32)CN1C. The second-order valence-electron chi connectivity index (χ2n) is 6.08. The van der Waals surface area contributed by atoms with Crippen molar-refractivity contribution in [2.24, 2.45) is 0 Å². The summed E-state index contributed by atoms with van der Waals surface area (Å²) in [4.78, 5) is 16.2. The third kappa shape index (κ3) is 2.18. The third-order valence-electron chi connectivity index (χ3n) is 4.82. The molecule has 0 saturated carbocycles. The molecule has 0 radical (unpaired) electrons. The number of anilines is 1. The molecule has 2 atom stereocenters. The van der Waals surface area contributed by atoms with E-state index in [0.717, 1.165) is 43.6 Å². The first kappa shape index (κ1) is 13.4. The summed E-state index contributed by atoms with van der Waals surface area (Å²) in [6, 6.07) is 6.81. The average molecular weight is 274 g/mol. The number of likely N-dealkylation sites (N-methyl/N-ethyl adjacent to an activating group) is 1. The fourth-order valence-electron chi connectivity index (χ4n) is 3.62. The maximum Gasteiger partial charge on any atom is 0.336 e. The van der Waals surface area contributed by atoms with Gasteiger partial charge in [0.2, 0.25) is 0 Å². The summed E-state index contributed by atoms with van der Waals surface area (Å²) in [6.07, 6.45) is 3.09. The molecule has 1 saturated heterocycles. The van der Waals surface area contributed by atoms with E-state index in [0.29, 0.717) is 17.6 Å². The lowest BCUT2D eigenvalue weighted by Gasteiger charge is -2.36. The van der Waals surface area contributed by atoms with Crippen molar-refractivity contribution in [3.05, 3.63) is 29.3 Å². The van der Waals surface area contributed by atoms with Gasteiger partial charge in [-0.05, 0) is 50.9 Å². The van der Waals surface area contributed by atoms with Crippen molar-refractivity contribution in [2.45, 2.75) is 38.3 Å². The summed E-state index contributed by atoms with van der Waals surface area (Å²) in [6.45, 7) is 4.37. The van der Waals surface area contributed by atoms with Gasteiger partial charge in [0.05, 0.1) is 5.56 Å². The van der Waals surface area contributed by atoms with E-state index in [1.54, 1.807) is 6.07 Å². The molecular formula is C16H22N2O2. The van der Waals surface area contributed by atoms with E-state index >= 15 is 0 Å². The number of carboxylic acid groups (broad SMARTS) is 1. The van der Waals surface area contributed by atoms with Gasteiger partial charge in [0.25, 0.3) is 0 Å². The van der Waals surface area contributed by atoms with Crippen LogP contribution in [0.1, 0.15) is 35.7 Å². The Hall–Kier alpha value is -1.55. The number of fused-ring (bicyclic) bond motifs is 1. The molecule has 1 aromatic carbocycles. The Bertz CT molecular complexity index is 519. The molecule has 1 fully saturated rings. The van der Waals surface area contributed by atoms with Crippen molar-refractivity contribution < 1.29 is 9.90 Å². The van der Waals surface area contributed by atoms with E-state index in [2.05, 4.69) is 29.8 Å². The zero-order valence-electron chi connectivity index (χ0n) is 12.2. The third-order valence-corrected chi connectivity index (χ3v) is 4.82. The standard InChI is InChI=1S/C16H22N2O2/c1-11-9-12(10-17(11)2)18-8-4-6-13-14(16(19)20)5-3-7-15(13)18/h3,5,7,11-12H,4,6,8-10H2,1-2H3,(H,19,20). The molecule has 0 amide bonds. The summed E-state index contributed by atoms with van der Waals surface area (Å²) >= 11 is 0. The van der Waals surface area contributed by atoms with Gasteiger partial charge >= 0.3 is 5.97 Å². The van der Waals surface area contributed by atoms with Crippen LogP contribution in [-0.2, 0) is 6.42 Å². The van der Waals surface area contributed by atoms with Crippen LogP contribution in [0.2, 0.25) is 0 Å². The molecule has 1 aromatic rings. The van der Waals surface area contributed by atoms with Gasteiger partial charge in [0.1, 0.15) is 0 Å². The van der Waals surface area contributed by atoms with Crippen LogP contribution < -0.4 is 4.90 Å². The fourth-order valence-corrected chi connectivity index (χ4v) is 3.62. The normalized spacial score (nSPS) is 26.6. The smallest absolute Gasteiger partial charge is 0.336 e. The van der Waals surface area contributed by atoms with E-state index in [1.807, 2.05) is 6.07 Å². The summed E-state index contributed by atoms with van der Waals surface area (Å²) in [5.41, 5.74) is 2.64. The maximum absolute atomic E-state index is 11.4. The molecule has 2 unspecified atom stereocenters. The summed E-state index contributed by atoms with van der Waals surface area (Å²) in [5.74, 6) is -0.805. The molecule has 1 N–H and O–H groups in total. The van der Waals surface area contributed by atoms with Crippen molar-refractivity contribution in [2.75, 3.05) is 25.0 Å². The maximum atomic E-state index is 11.4. The lowest BCUT2D eigenvalue weighted by molar-refractivity contribution is 0.0695. The van der Waals surface area contributed by atoms with Gasteiger partial charge in [-0.3, -0.25) is 0 Å². The molecule has 2 heterocycles. The van der Waals surface area contributed by atoms with Crippen LogP contribution in [0.3, 0.4) is 0 Å². The fraction of sp³-hybridized carbons (Fsp3) is 0.562. The van der Waals surface area contributed by atoms with Gasteiger partial charge in [0.15, 0.2) is 0 Å². The van der Waals surface area contributed by atoms with E-state index in [-0.39, 0.29) is 0 Å². The number of likely N-dealkylation sites (tertiary alicyclic amines) is 1. The van der Waals surface area contributed by atoms with Crippen LogP contribution in [0.25, 0.3) is 0 Å². The number of aromatic carboxylic acids is 1. The molecule has 20 heavy (non-hydrogen) atoms. The van der Waals surface area contributed by atoms with Crippen LogP contribution in [0.5, 0.6) is 0 Å². The summed E-state index contributed by atoms with van der Waals surface area (Å²) in [5, 5.41) is 9.35. The summed E-state index contributed by atoms with van der Waals surface area (Å²) in [7, 11) is 2.17. The van der Waals surface area contributed by atoms with E-state index < -0.39 is 5.97 Å². The van der Waals surface area contributed by atoms with Crippen LogP contribution in [0, 0.1) is 0 Å². The minimum atomic E-state index is -0.805. The predicted molar refractivity (Wildman–Crippen MR) is 79.6 cm³/mol. The Morgan fingerprint density at radius 3 is 2.85 bits per heavy atom. The highest BCUT2D eigenvalue weighted by Gasteiger charge is 2.33. The zero-order valence-corrected chi connectivity index (χ0v) is 12.2. The van der Waals surface area contributed by atoms with Crippen molar-refractivity contribution in [3.63, 3.8) is 0 Å². The summed E-state index contributed by atoms with van der Waals surface area (Å²) < 4.78 is 0. The van der Waals surface area contributed by atoms with Gasteiger partial charge in [-0.1, -0.05) is 6.07 Å². The van der Waals surface area contributed by atoms with Crippen molar-refractivity contribution in [1.82, 2.24) is 4.90 Å². The number of carboxylic acids is 1. The Balaban J connectivity index is 1.95. The lowest BCUT2D eigenvalue weighted by Crippen LogP contribution is -2.40. The van der Waals surface area contributed by atoms with E-state index in [4.69, 9.17) is 0 Å². The van der Waals surface area contributed by atoms with Crippen LogP contribution in [-0.4, -0.2) is 48.2 Å². The second kappa shape index (κ2) is 5.09. The Morgan fingerprint density at radius 1 is 1.40 bits per heavy atom. The molecule has 0 bridgehead atoms. The number of nitrogens with zero attached hydrogens (tertiary/aromatic N) is 2. The van der Waals surface area contributed by atoms with Gasteiger partial charge < -0.3 is 14.9 Å². The van der Waals surface area contributed by atoms with Crippen LogP contribution in [0.4, 0.5) is 5.69 Å². The molecule has 0 spiro atoms. The lowest BCUT2D eigenvalue weighted by atomic mass is 9.94. The van der Waals surface area contributed by atoms with Gasteiger partial charge in [-0.15, -0.1) is 0 Å². The number of benzene rings is 1. The molecule has 108 valence electrons. The molecule has 4 heteroatoms. The Labute approximate surface area is 120 Å². The molecule has 0 aliphatic carbocycles. The van der Waals surface area contributed by atoms with Gasteiger partial charge in [0, 0.05) is 30.9 Å². The minimum Gasteiger partial charge on any atom is -0.478 e. The highest BCUT2D eigenvalue weighted by molar-refractivity contribution is 5.91. The van der Waals surface area contributed by atoms with Crippen molar-refractivity contribution in [3.8, 4) is 0 Å². The monoisotopic (exact) mass is 274 g/mol. The molecule has 3 rings (SSSR count). The first-order chi connectivity index (χ1) is 9.58. The van der Waals surface area contributed by atoms with Gasteiger partial charge in [-0.2, -0.15) is 0 Å². The average Bonchev–Trinajstić information content (AvgIpc) is 2.77. The van der Waals surface area contributed by atoms with Crippen LogP contribution in [0.15, 0.2) is 18.2 Å². The second-order valence-corrected chi connectivity index (χ2v) is 6.08. The number of hydrogen-bond acceptors (Lipinski definition) is 3. The van der Waals surface area contributed by atoms with E-state index in [9.17, 15) is 9.90 Å². The van der Waals surface area contributed by atoms with E-state index in [1.165, 1.54) is 0 Å². The van der Waals surface area contributed by atoms with Gasteiger partial charge in [-0.25, -0.2) is 4.79 Å². The highest BCUT2D eigenvalue weighted by atomic mass is 16.4. The molecule has 0 aromatic heterocycles. The topological polar surface area (TPSA) is 43.8 Å². The zero-order chi connectivity index (χ0) is 14.3. The number of carbonyl (C=O) groups is 1. The van der Waals surface area contributed by atoms with Crippen LogP contribution >= 0.6 is 0 Å². The Kier molecular flexibility index (Phi) is 3.42. The first-order valence-electron chi connectivity index (χ1n) is 7.40. The van der Waals surface area contributed by atoms with Crippen molar-refractivity contribution in [1.29, 1.82) is 0 Å². The quantitative estimate of drug-likeness (QED) is 0.898. The Morgan fingerprint density at radius 2 is 2.20 bits per heavy atom.